The summed E-state index contributed by atoms with van der Waals surface area (Å²) in [5, 5.41) is 5.36. The molecule has 5 heteroatoms. The lowest BCUT2D eigenvalue weighted by molar-refractivity contribution is 0.243. The van der Waals surface area contributed by atoms with Crippen LogP contribution < -0.4 is 10.6 Å². The number of rotatable bonds is 1. The van der Waals surface area contributed by atoms with Gasteiger partial charge in [0.1, 0.15) is 5.82 Å². The summed E-state index contributed by atoms with van der Waals surface area (Å²) < 4.78 is 13.3. The molecule has 0 bridgehead atoms. The monoisotopic (exact) mass is 244 g/mol. The SMILES string of the molecule is CC(C)(C)NC(=O)Nc1ccc(Cl)cc1F. The molecule has 0 heterocycles. The normalized spacial score (nSPS) is 11.1. The van der Waals surface area contributed by atoms with Crippen molar-refractivity contribution in [2.45, 2.75) is 26.3 Å². The van der Waals surface area contributed by atoms with E-state index in [1.54, 1.807) is 0 Å². The minimum atomic E-state index is -0.559. The third kappa shape index (κ3) is 4.06. The number of urea groups is 1. The number of halogens is 2. The molecular formula is C11H14ClFN2O. The number of carbonyl (C=O) groups is 1. The first-order valence-electron chi connectivity index (χ1n) is 4.82. The van der Waals surface area contributed by atoms with Crippen LogP contribution in [0.2, 0.25) is 5.02 Å². The summed E-state index contributed by atoms with van der Waals surface area (Å²) in [4.78, 5) is 11.4. The van der Waals surface area contributed by atoms with Crippen molar-refractivity contribution in [1.29, 1.82) is 0 Å². The lowest BCUT2D eigenvalue weighted by Gasteiger charge is -2.20. The fourth-order valence-electron chi connectivity index (χ4n) is 1.09. The predicted octanol–water partition coefficient (Wildman–Crippen LogP) is 3.40. The molecular weight excluding hydrogens is 231 g/mol. The molecule has 1 aromatic rings. The molecule has 0 spiro atoms. The highest BCUT2D eigenvalue weighted by Crippen LogP contribution is 2.18. The molecule has 0 aliphatic rings. The Morgan fingerprint density at radius 2 is 2.00 bits per heavy atom. The second-order valence-electron chi connectivity index (χ2n) is 4.45. The number of hydrogen-bond acceptors (Lipinski definition) is 1. The lowest BCUT2D eigenvalue weighted by atomic mass is 10.1. The smallest absolute Gasteiger partial charge is 0.319 e. The lowest BCUT2D eigenvalue weighted by Crippen LogP contribution is -2.43. The van der Waals surface area contributed by atoms with Crippen LogP contribution in [-0.2, 0) is 0 Å². The molecule has 2 N–H and O–H groups in total. The van der Waals surface area contributed by atoms with Gasteiger partial charge in [-0.15, -0.1) is 0 Å². The second kappa shape index (κ2) is 4.70. The van der Waals surface area contributed by atoms with Gasteiger partial charge >= 0.3 is 6.03 Å². The summed E-state index contributed by atoms with van der Waals surface area (Å²) in [6.07, 6.45) is 0. The maximum atomic E-state index is 13.3. The number of amides is 2. The molecule has 1 rings (SSSR count). The third-order valence-corrected chi connectivity index (χ3v) is 1.90. The van der Waals surface area contributed by atoms with E-state index in [9.17, 15) is 9.18 Å². The largest absolute Gasteiger partial charge is 0.333 e. The van der Waals surface area contributed by atoms with Gasteiger partial charge < -0.3 is 10.6 Å². The Morgan fingerprint density at radius 1 is 1.38 bits per heavy atom. The summed E-state index contributed by atoms with van der Waals surface area (Å²) in [6.45, 7) is 5.51. The molecule has 0 aliphatic carbocycles. The first-order chi connectivity index (χ1) is 7.28. The number of nitrogens with one attached hydrogen (secondary N) is 2. The van der Waals surface area contributed by atoms with E-state index in [2.05, 4.69) is 10.6 Å². The average Bonchev–Trinajstić information content (AvgIpc) is 2.06. The molecule has 0 aromatic heterocycles. The van der Waals surface area contributed by atoms with Gasteiger partial charge in [0, 0.05) is 10.6 Å². The van der Waals surface area contributed by atoms with Gasteiger partial charge in [-0.25, -0.2) is 9.18 Å². The van der Waals surface area contributed by atoms with Gasteiger partial charge in [0.05, 0.1) is 5.69 Å². The predicted molar refractivity (Wildman–Crippen MR) is 63.3 cm³/mol. The molecule has 0 fully saturated rings. The molecule has 0 saturated carbocycles. The standard InChI is InChI=1S/C11H14ClFN2O/c1-11(2,3)15-10(16)14-9-5-4-7(12)6-8(9)13/h4-6H,1-3H3,(H2,14,15,16). The highest BCUT2D eigenvalue weighted by molar-refractivity contribution is 6.30. The van der Waals surface area contributed by atoms with Crippen LogP contribution in [0.15, 0.2) is 18.2 Å². The molecule has 0 radical (unpaired) electrons. The zero-order valence-corrected chi connectivity index (χ0v) is 10.2. The molecule has 88 valence electrons. The zero-order valence-electron chi connectivity index (χ0n) is 9.40. The Balaban J connectivity index is 2.70. The van der Waals surface area contributed by atoms with E-state index >= 15 is 0 Å². The van der Waals surface area contributed by atoms with E-state index in [-0.39, 0.29) is 11.2 Å². The van der Waals surface area contributed by atoms with Crippen LogP contribution in [0, 0.1) is 5.82 Å². The molecule has 3 nitrogen and oxygen atoms in total. The molecule has 2 amide bonds. The van der Waals surface area contributed by atoms with Crippen LogP contribution in [0.1, 0.15) is 20.8 Å². The fraction of sp³-hybridized carbons (Fsp3) is 0.364. The number of carbonyl (C=O) groups excluding carboxylic acids is 1. The molecule has 16 heavy (non-hydrogen) atoms. The van der Waals surface area contributed by atoms with Crippen molar-refractivity contribution in [1.82, 2.24) is 5.32 Å². The maximum Gasteiger partial charge on any atom is 0.319 e. The van der Waals surface area contributed by atoms with Crippen LogP contribution in [-0.4, -0.2) is 11.6 Å². The number of hydrogen-bond donors (Lipinski definition) is 2. The first kappa shape index (κ1) is 12.8. The Hall–Kier alpha value is -1.29. The van der Waals surface area contributed by atoms with Crippen LogP contribution in [0.5, 0.6) is 0 Å². The summed E-state index contributed by atoms with van der Waals surface area (Å²) in [5.74, 6) is -0.559. The third-order valence-electron chi connectivity index (χ3n) is 1.67. The Morgan fingerprint density at radius 3 is 2.50 bits per heavy atom. The first-order valence-corrected chi connectivity index (χ1v) is 5.20. The fourth-order valence-corrected chi connectivity index (χ4v) is 1.24. The second-order valence-corrected chi connectivity index (χ2v) is 4.89. The molecule has 0 unspecified atom stereocenters. The average molecular weight is 245 g/mol. The summed E-state index contributed by atoms with van der Waals surface area (Å²) in [6, 6.07) is 3.62. The van der Waals surface area contributed by atoms with Crippen molar-refractivity contribution in [3.63, 3.8) is 0 Å². The van der Waals surface area contributed by atoms with E-state index < -0.39 is 11.8 Å². The van der Waals surface area contributed by atoms with Gasteiger partial charge in [-0.1, -0.05) is 11.6 Å². The minimum absolute atomic E-state index is 0.103. The molecule has 0 saturated heterocycles. The Labute approximate surface area is 99.0 Å². The molecule has 1 aromatic carbocycles. The molecule has 0 atom stereocenters. The highest BCUT2D eigenvalue weighted by atomic mass is 35.5. The topological polar surface area (TPSA) is 41.1 Å². The van der Waals surface area contributed by atoms with E-state index in [4.69, 9.17) is 11.6 Å². The quantitative estimate of drug-likeness (QED) is 0.781. The Kier molecular flexibility index (Phi) is 3.75. The van der Waals surface area contributed by atoms with Gasteiger partial charge in [0.2, 0.25) is 0 Å². The highest BCUT2D eigenvalue weighted by Gasteiger charge is 2.14. The van der Waals surface area contributed by atoms with Gasteiger partial charge in [0.15, 0.2) is 0 Å². The van der Waals surface area contributed by atoms with E-state index in [0.29, 0.717) is 5.02 Å². The van der Waals surface area contributed by atoms with E-state index in [0.717, 1.165) is 6.07 Å². The summed E-state index contributed by atoms with van der Waals surface area (Å²) >= 11 is 5.59. The van der Waals surface area contributed by atoms with E-state index in [1.807, 2.05) is 20.8 Å². The van der Waals surface area contributed by atoms with Crippen LogP contribution in [0.3, 0.4) is 0 Å². The Bertz CT molecular complexity index is 401. The van der Waals surface area contributed by atoms with Crippen LogP contribution in [0.25, 0.3) is 0 Å². The maximum absolute atomic E-state index is 13.3. The summed E-state index contributed by atoms with van der Waals surface area (Å²) in [5.41, 5.74) is -0.265. The van der Waals surface area contributed by atoms with Gasteiger partial charge in [-0.2, -0.15) is 0 Å². The van der Waals surface area contributed by atoms with Gasteiger partial charge in [0.25, 0.3) is 0 Å². The van der Waals surface area contributed by atoms with Crippen molar-refractivity contribution in [2.24, 2.45) is 0 Å². The molecule has 0 aliphatic heterocycles. The minimum Gasteiger partial charge on any atom is -0.333 e. The summed E-state index contributed by atoms with van der Waals surface area (Å²) in [7, 11) is 0. The van der Waals surface area contributed by atoms with Crippen LogP contribution in [0.4, 0.5) is 14.9 Å². The van der Waals surface area contributed by atoms with Crippen molar-refractivity contribution in [3.8, 4) is 0 Å². The van der Waals surface area contributed by atoms with Crippen molar-refractivity contribution in [2.75, 3.05) is 5.32 Å². The zero-order chi connectivity index (χ0) is 12.3. The number of benzene rings is 1. The van der Waals surface area contributed by atoms with Gasteiger partial charge in [-0.3, -0.25) is 0 Å². The van der Waals surface area contributed by atoms with E-state index in [1.165, 1.54) is 12.1 Å². The number of anilines is 1. The van der Waals surface area contributed by atoms with Crippen LogP contribution >= 0.6 is 11.6 Å². The van der Waals surface area contributed by atoms with Crippen molar-refractivity contribution >= 4 is 23.3 Å². The van der Waals surface area contributed by atoms with Crippen molar-refractivity contribution < 1.29 is 9.18 Å². The van der Waals surface area contributed by atoms with Gasteiger partial charge in [-0.05, 0) is 39.0 Å². The van der Waals surface area contributed by atoms with Crippen molar-refractivity contribution in [3.05, 3.63) is 29.0 Å².